The van der Waals surface area contributed by atoms with E-state index in [1.807, 2.05) is 11.4 Å². The molecule has 1 aromatic heterocycles. The fraction of sp³-hybridized carbons (Fsp3) is 0.385. The summed E-state index contributed by atoms with van der Waals surface area (Å²) in [5.41, 5.74) is 0.890. The van der Waals surface area contributed by atoms with Crippen molar-refractivity contribution in [3.63, 3.8) is 0 Å². The molecule has 1 saturated heterocycles. The molecule has 0 atom stereocenters. The van der Waals surface area contributed by atoms with Gasteiger partial charge in [0.15, 0.2) is 0 Å². The largest absolute Gasteiger partial charge is 0.478 e. The van der Waals surface area contributed by atoms with Crippen LogP contribution in [0.25, 0.3) is 6.08 Å². The van der Waals surface area contributed by atoms with Crippen molar-refractivity contribution in [2.24, 2.45) is 0 Å². The van der Waals surface area contributed by atoms with Crippen LogP contribution in [0.3, 0.4) is 0 Å². The van der Waals surface area contributed by atoms with Crippen LogP contribution in [0.1, 0.15) is 16.9 Å². The van der Waals surface area contributed by atoms with Crippen LogP contribution < -0.4 is 5.32 Å². The molecule has 0 bridgehead atoms. The van der Waals surface area contributed by atoms with E-state index in [9.17, 15) is 9.59 Å². The number of amides is 1. The summed E-state index contributed by atoms with van der Waals surface area (Å²) in [4.78, 5) is 25.1. The highest BCUT2D eigenvalue weighted by Gasteiger charge is 2.15. The molecule has 0 aromatic carbocycles. The van der Waals surface area contributed by atoms with Crippen LogP contribution in [0.15, 0.2) is 17.5 Å². The third-order valence-electron chi connectivity index (χ3n) is 2.81. The van der Waals surface area contributed by atoms with Gasteiger partial charge in [-0.05, 0) is 29.5 Å². The molecule has 0 saturated carbocycles. The molecule has 0 spiro atoms. The van der Waals surface area contributed by atoms with Gasteiger partial charge in [-0.25, -0.2) is 4.79 Å². The second-order valence-electron chi connectivity index (χ2n) is 4.43. The highest BCUT2D eigenvalue weighted by molar-refractivity contribution is 7.10. The Bertz CT molecular complexity index is 496. The van der Waals surface area contributed by atoms with Gasteiger partial charge in [-0.1, -0.05) is 0 Å². The molecule has 1 fully saturated rings. The Morgan fingerprint density at radius 1 is 1.58 bits per heavy atom. The number of rotatable bonds is 4. The maximum Gasteiger partial charge on any atom is 0.328 e. The van der Waals surface area contributed by atoms with E-state index >= 15 is 0 Å². The predicted molar refractivity (Wildman–Crippen MR) is 73.9 cm³/mol. The normalized spacial score (nSPS) is 17.4. The molecule has 0 radical (unpaired) electrons. The lowest BCUT2D eigenvalue weighted by Gasteiger charge is -2.16. The number of hydrogen-bond donors (Lipinski definition) is 2. The summed E-state index contributed by atoms with van der Waals surface area (Å²) in [6.07, 6.45) is 3.67. The Kier molecular flexibility index (Phi) is 4.70. The molecule has 1 aromatic rings. The van der Waals surface area contributed by atoms with Gasteiger partial charge in [0.2, 0.25) is 5.91 Å². The van der Waals surface area contributed by atoms with Gasteiger partial charge < -0.3 is 10.4 Å². The molecule has 1 aliphatic heterocycles. The number of nitrogens with zero attached hydrogens (tertiary/aromatic N) is 1. The van der Waals surface area contributed by atoms with Gasteiger partial charge in [-0.15, -0.1) is 11.3 Å². The average Bonchev–Trinajstić information content (AvgIpc) is 2.69. The average molecular weight is 280 g/mol. The topological polar surface area (TPSA) is 69.6 Å². The molecule has 2 heterocycles. The Morgan fingerprint density at radius 3 is 3.21 bits per heavy atom. The third kappa shape index (κ3) is 4.50. The zero-order valence-electron chi connectivity index (χ0n) is 10.5. The summed E-state index contributed by atoms with van der Waals surface area (Å²) < 4.78 is 0. The fourth-order valence-electron chi connectivity index (χ4n) is 1.96. The standard InChI is InChI=1S/C13H16N2O3S/c16-12-8-15(5-1-4-14-12)7-11-6-10(9-19-11)2-3-13(17)18/h2-3,6,9H,1,4-5,7-8H2,(H,14,16)(H,17,18). The van der Waals surface area contributed by atoms with Gasteiger partial charge in [0.05, 0.1) is 6.54 Å². The zero-order chi connectivity index (χ0) is 13.7. The number of carboxylic acid groups (broad SMARTS) is 1. The molecule has 19 heavy (non-hydrogen) atoms. The number of carbonyl (C=O) groups is 2. The van der Waals surface area contributed by atoms with Crippen LogP contribution in [0.4, 0.5) is 0 Å². The number of hydrogen-bond acceptors (Lipinski definition) is 4. The number of carboxylic acids is 1. The lowest BCUT2D eigenvalue weighted by atomic mass is 10.2. The molecule has 0 aliphatic carbocycles. The monoisotopic (exact) mass is 280 g/mol. The number of nitrogens with one attached hydrogen (secondary N) is 1. The number of thiophene rings is 1. The predicted octanol–water partition coefficient (Wildman–Crippen LogP) is 1.17. The number of aliphatic carboxylic acids is 1. The second kappa shape index (κ2) is 6.49. The van der Waals surface area contributed by atoms with Crippen molar-refractivity contribution in [1.82, 2.24) is 10.2 Å². The first kappa shape index (κ1) is 13.8. The maximum atomic E-state index is 11.4. The van der Waals surface area contributed by atoms with Gasteiger partial charge >= 0.3 is 5.97 Å². The highest BCUT2D eigenvalue weighted by atomic mass is 32.1. The van der Waals surface area contributed by atoms with Gasteiger partial charge in [0.1, 0.15) is 0 Å². The maximum absolute atomic E-state index is 11.4. The van der Waals surface area contributed by atoms with Crippen molar-refractivity contribution in [2.75, 3.05) is 19.6 Å². The van der Waals surface area contributed by atoms with Crippen LogP contribution in [-0.2, 0) is 16.1 Å². The van der Waals surface area contributed by atoms with E-state index in [0.29, 0.717) is 6.54 Å². The van der Waals surface area contributed by atoms with Crippen LogP contribution >= 0.6 is 11.3 Å². The Morgan fingerprint density at radius 2 is 2.42 bits per heavy atom. The van der Waals surface area contributed by atoms with Gasteiger partial charge in [-0.2, -0.15) is 0 Å². The van der Waals surface area contributed by atoms with E-state index in [1.165, 1.54) is 0 Å². The molecule has 0 unspecified atom stereocenters. The fourth-order valence-corrected chi connectivity index (χ4v) is 2.85. The smallest absolute Gasteiger partial charge is 0.328 e. The quantitative estimate of drug-likeness (QED) is 0.812. The zero-order valence-corrected chi connectivity index (χ0v) is 11.3. The number of carbonyl (C=O) groups excluding carboxylic acids is 1. The lowest BCUT2D eigenvalue weighted by molar-refractivity contribution is -0.131. The van der Waals surface area contributed by atoms with Crippen molar-refractivity contribution in [3.05, 3.63) is 28.0 Å². The van der Waals surface area contributed by atoms with Crippen LogP contribution in [0.5, 0.6) is 0 Å². The molecule has 2 rings (SSSR count). The molecule has 102 valence electrons. The van der Waals surface area contributed by atoms with Crippen molar-refractivity contribution >= 4 is 29.3 Å². The van der Waals surface area contributed by atoms with Crippen LogP contribution in [0.2, 0.25) is 0 Å². The Labute approximate surface area is 115 Å². The minimum Gasteiger partial charge on any atom is -0.478 e. The van der Waals surface area contributed by atoms with Gasteiger partial charge in [-0.3, -0.25) is 9.69 Å². The summed E-state index contributed by atoms with van der Waals surface area (Å²) >= 11 is 1.59. The van der Waals surface area contributed by atoms with Crippen molar-refractivity contribution < 1.29 is 14.7 Å². The minimum atomic E-state index is -0.947. The summed E-state index contributed by atoms with van der Waals surface area (Å²) in [5, 5.41) is 13.3. The molecular formula is C13H16N2O3S. The van der Waals surface area contributed by atoms with Crippen molar-refractivity contribution in [3.8, 4) is 0 Å². The van der Waals surface area contributed by atoms with Crippen molar-refractivity contribution in [1.29, 1.82) is 0 Å². The summed E-state index contributed by atoms with van der Waals surface area (Å²) in [6.45, 7) is 2.81. The summed E-state index contributed by atoms with van der Waals surface area (Å²) in [5.74, 6) is -0.878. The molecule has 5 nitrogen and oxygen atoms in total. The van der Waals surface area contributed by atoms with Crippen molar-refractivity contribution in [2.45, 2.75) is 13.0 Å². The minimum absolute atomic E-state index is 0.0695. The second-order valence-corrected chi connectivity index (χ2v) is 5.43. The molecule has 2 N–H and O–H groups in total. The molecule has 1 aliphatic rings. The van der Waals surface area contributed by atoms with E-state index in [1.54, 1.807) is 17.4 Å². The van der Waals surface area contributed by atoms with Gasteiger partial charge in [0, 0.05) is 30.6 Å². The lowest BCUT2D eigenvalue weighted by Crippen LogP contribution is -2.32. The summed E-state index contributed by atoms with van der Waals surface area (Å²) in [7, 11) is 0. The summed E-state index contributed by atoms with van der Waals surface area (Å²) in [6, 6.07) is 1.97. The Balaban J connectivity index is 1.95. The Hall–Kier alpha value is -1.66. The first-order valence-corrected chi connectivity index (χ1v) is 6.99. The van der Waals surface area contributed by atoms with E-state index < -0.39 is 5.97 Å². The van der Waals surface area contributed by atoms with E-state index in [4.69, 9.17) is 5.11 Å². The first-order chi connectivity index (χ1) is 9.13. The first-order valence-electron chi connectivity index (χ1n) is 6.11. The van der Waals surface area contributed by atoms with E-state index in [2.05, 4.69) is 10.2 Å². The highest BCUT2D eigenvalue weighted by Crippen LogP contribution is 2.18. The molecule has 1 amide bonds. The van der Waals surface area contributed by atoms with Crippen LogP contribution in [0, 0.1) is 0 Å². The molecule has 6 heteroatoms. The van der Waals surface area contributed by atoms with E-state index in [-0.39, 0.29) is 5.91 Å². The van der Waals surface area contributed by atoms with E-state index in [0.717, 1.165) is 42.6 Å². The van der Waals surface area contributed by atoms with Crippen LogP contribution in [-0.4, -0.2) is 41.5 Å². The molecular weight excluding hydrogens is 264 g/mol. The third-order valence-corrected chi connectivity index (χ3v) is 3.75. The van der Waals surface area contributed by atoms with Gasteiger partial charge in [0.25, 0.3) is 0 Å². The SMILES string of the molecule is O=C(O)C=Cc1csc(CN2CCCNC(=O)C2)c1.